The molecule has 5 rings (SSSR count). The summed E-state index contributed by atoms with van der Waals surface area (Å²) in [4.78, 5) is 5.16. The van der Waals surface area contributed by atoms with E-state index in [1.807, 2.05) is 18.2 Å². The second-order valence-corrected chi connectivity index (χ2v) is 11.2. The SMILES string of the molecule is CCc1cc2c(cc1-c1cc(-c3ccccc3)c3cc(Cl)ccc3n1)C(C)(C)CCC2(C)C. The monoisotopic (exact) mass is 453 g/mol. The third kappa shape index (κ3) is 3.87. The molecule has 0 amide bonds. The predicted molar refractivity (Wildman–Crippen MR) is 142 cm³/mol. The number of nitrogens with zero attached hydrogens (tertiary/aromatic N) is 1. The van der Waals surface area contributed by atoms with Gasteiger partial charge in [0.25, 0.3) is 0 Å². The molecule has 1 aromatic heterocycles. The summed E-state index contributed by atoms with van der Waals surface area (Å²) < 4.78 is 0. The second-order valence-electron chi connectivity index (χ2n) is 10.8. The molecular formula is C31H32ClN. The number of hydrogen-bond acceptors (Lipinski definition) is 1. The quantitative estimate of drug-likeness (QED) is 0.301. The minimum Gasteiger partial charge on any atom is -0.248 e. The fraction of sp³-hybridized carbons (Fsp3) is 0.323. The second kappa shape index (κ2) is 7.99. The summed E-state index contributed by atoms with van der Waals surface area (Å²) in [6.07, 6.45) is 3.42. The van der Waals surface area contributed by atoms with Crippen LogP contribution >= 0.6 is 11.6 Å². The van der Waals surface area contributed by atoms with E-state index in [-0.39, 0.29) is 10.8 Å². The molecule has 3 aromatic carbocycles. The Morgan fingerprint density at radius 3 is 2.12 bits per heavy atom. The maximum atomic E-state index is 6.39. The summed E-state index contributed by atoms with van der Waals surface area (Å²) in [5.41, 5.74) is 10.4. The molecule has 0 unspecified atom stereocenters. The first kappa shape index (κ1) is 22.2. The van der Waals surface area contributed by atoms with Gasteiger partial charge in [-0.15, -0.1) is 0 Å². The minimum atomic E-state index is 0.165. The number of halogens is 1. The maximum absolute atomic E-state index is 6.39. The Bertz CT molecular complexity index is 1350. The Hall–Kier alpha value is -2.64. The molecule has 0 radical (unpaired) electrons. The van der Waals surface area contributed by atoms with Crippen molar-refractivity contribution >= 4 is 22.5 Å². The topological polar surface area (TPSA) is 12.9 Å². The van der Waals surface area contributed by atoms with Gasteiger partial charge in [-0.1, -0.05) is 82.6 Å². The van der Waals surface area contributed by atoms with Gasteiger partial charge in [-0.3, -0.25) is 0 Å². The lowest BCUT2D eigenvalue weighted by Gasteiger charge is -2.42. The molecule has 1 aliphatic carbocycles. The number of benzene rings is 3. The molecule has 33 heavy (non-hydrogen) atoms. The summed E-state index contributed by atoms with van der Waals surface area (Å²) in [7, 11) is 0. The predicted octanol–water partition coefficient (Wildman–Crippen LogP) is 9.13. The average Bonchev–Trinajstić information content (AvgIpc) is 2.81. The fourth-order valence-electron chi connectivity index (χ4n) is 5.38. The Labute approximate surface area is 202 Å². The molecule has 168 valence electrons. The molecule has 0 saturated carbocycles. The van der Waals surface area contributed by atoms with Crippen LogP contribution in [0.4, 0.5) is 0 Å². The zero-order valence-electron chi connectivity index (χ0n) is 20.3. The van der Waals surface area contributed by atoms with Crippen molar-refractivity contribution in [2.24, 2.45) is 0 Å². The highest BCUT2D eigenvalue weighted by molar-refractivity contribution is 6.31. The first-order chi connectivity index (χ1) is 15.7. The summed E-state index contributed by atoms with van der Waals surface area (Å²) in [5.74, 6) is 0. The van der Waals surface area contributed by atoms with Gasteiger partial charge in [-0.25, -0.2) is 4.98 Å². The standard InChI is InChI=1S/C31H32ClN/c1-6-20-16-26-27(31(4,5)15-14-30(26,2)3)18-24(20)29-19-23(21-10-8-7-9-11-21)25-17-22(32)12-13-28(25)33-29/h7-13,16-19H,6,14-15H2,1-5H3. The summed E-state index contributed by atoms with van der Waals surface area (Å²) in [5, 5.41) is 1.83. The van der Waals surface area contributed by atoms with Gasteiger partial charge in [-0.2, -0.15) is 0 Å². The highest BCUT2D eigenvalue weighted by atomic mass is 35.5. The maximum Gasteiger partial charge on any atom is 0.0718 e. The van der Waals surface area contributed by atoms with Crippen LogP contribution in [-0.4, -0.2) is 4.98 Å². The third-order valence-electron chi connectivity index (χ3n) is 7.59. The lowest BCUT2D eigenvalue weighted by Crippen LogP contribution is -2.34. The van der Waals surface area contributed by atoms with Crippen LogP contribution in [0.3, 0.4) is 0 Å². The van der Waals surface area contributed by atoms with Crippen molar-refractivity contribution in [3.05, 3.63) is 88.4 Å². The van der Waals surface area contributed by atoms with Crippen LogP contribution in [0.15, 0.2) is 66.7 Å². The van der Waals surface area contributed by atoms with Crippen LogP contribution in [-0.2, 0) is 17.3 Å². The van der Waals surface area contributed by atoms with Gasteiger partial charge in [0.15, 0.2) is 0 Å². The molecule has 1 nitrogen and oxygen atoms in total. The van der Waals surface area contributed by atoms with Gasteiger partial charge in [0.1, 0.15) is 0 Å². The van der Waals surface area contributed by atoms with E-state index in [2.05, 4.69) is 83.1 Å². The van der Waals surface area contributed by atoms with Crippen LogP contribution in [0.5, 0.6) is 0 Å². The van der Waals surface area contributed by atoms with E-state index in [1.165, 1.54) is 46.2 Å². The van der Waals surface area contributed by atoms with Gasteiger partial charge in [-0.05, 0) is 88.2 Å². The zero-order chi connectivity index (χ0) is 23.4. The summed E-state index contributed by atoms with van der Waals surface area (Å²) >= 11 is 6.39. The van der Waals surface area contributed by atoms with Gasteiger partial charge >= 0.3 is 0 Å². The molecule has 0 fully saturated rings. The molecule has 1 heterocycles. The van der Waals surface area contributed by atoms with E-state index in [1.54, 1.807) is 0 Å². The molecular weight excluding hydrogens is 422 g/mol. The van der Waals surface area contributed by atoms with Crippen molar-refractivity contribution in [2.75, 3.05) is 0 Å². The number of aryl methyl sites for hydroxylation is 1. The van der Waals surface area contributed by atoms with Crippen molar-refractivity contribution in [3.8, 4) is 22.4 Å². The van der Waals surface area contributed by atoms with E-state index >= 15 is 0 Å². The number of fused-ring (bicyclic) bond motifs is 2. The van der Waals surface area contributed by atoms with Crippen molar-refractivity contribution in [1.82, 2.24) is 4.98 Å². The third-order valence-corrected chi connectivity index (χ3v) is 7.82. The molecule has 0 N–H and O–H groups in total. The highest BCUT2D eigenvalue weighted by Gasteiger charge is 2.37. The number of rotatable bonds is 3. The van der Waals surface area contributed by atoms with Crippen LogP contribution in [0.25, 0.3) is 33.3 Å². The number of hydrogen-bond donors (Lipinski definition) is 0. The Kier molecular flexibility index (Phi) is 5.37. The average molecular weight is 454 g/mol. The van der Waals surface area contributed by atoms with Crippen LogP contribution in [0.2, 0.25) is 5.02 Å². The lowest BCUT2D eigenvalue weighted by molar-refractivity contribution is 0.331. The Morgan fingerprint density at radius 2 is 1.45 bits per heavy atom. The van der Waals surface area contributed by atoms with Crippen LogP contribution < -0.4 is 0 Å². The first-order valence-electron chi connectivity index (χ1n) is 12.0. The van der Waals surface area contributed by atoms with E-state index in [4.69, 9.17) is 16.6 Å². The van der Waals surface area contributed by atoms with E-state index < -0.39 is 0 Å². The van der Waals surface area contributed by atoms with E-state index in [0.29, 0.717) is 0 Å². The molecule has 1 aliphatic rings. The Balaban J connectivity index is 1.81. The van der Waals surface area contributed by atoms with Crippen molar-refractivity contribution in [2.45, 2.75) is 64.7 Å². The van der Waals surface area contributed by atoms with Crippen molar-refractivity contribution < 1.29 is 0 Å². The zero-order valence-corrected chi connectivity index (χ0v) is 21.1. The van der Waals surface area contributed by atoms with E-state index in [0.717, 1.165) is 28.0 Å². The molecule has 0 spiro atoms. The number of pyridine rings is 1. The molecule has 0 bridgehead atoms. The molecule has 0 aliphatic heterocycles. The molecule has 4 aromatic rings. The van der Waals surface area contributed by atoms with Gasteiger partial charge < -0.3 is 0 Å². The summed E-state index contributed by atoms with van der Waals surface area (Å²) in [6, 6.07) is 23.8. The first-order valence-corrected chi connectivity index (χ1v) is 12.4. The molecule has 0 saturated heterocycles. The van der Waals surface area contributed by atoms with Gasteiger partial charge in [0, 0.05) is 16.0 Å². The van der Waals surface area contributed by atoms with Crippen molar-refractivity contribution in [3.63, 3.8) is 0 Å². The lowest BCUT2D eigenvalue weighted by atomic mass is 9.62. The normalized spacial score (nSPS) is 16.5. The minimum absolute atomic E-state index is 0.165. The van der Waals surface area contributed by atoms with Gasteiger partial charge in [0.2, 0.25) is 0 Å². The highest BCUT2D eigenvalue weighted by Crippen LogP contribution is 2.48. The largest absolute Gasteiger partial charge is 0.248 e. The number of aromatic nitrogens is 1. The van der Waals surface area contributed by atoms with Gasteiger partial charge in [0.05, 0.1) is 11.2 Å². The smallest absolute Gasteiger partial charge is 0.0718 e. The summed E-state index contributed by atoms with van der Waals surface area (Å²) in [6.45, 7) is 11.8. The van der Waals surface area contributed by atoms with E-state index in [9.17, 15) is 0 Å². The van der Waals surface area contributed by atoms with Crippen LogP contribution in [0, 0.1) is 0 Å². The Morgan fingerprint density at radius 1 is 0.788 bits per heavy atom. The fourth-order valence-corrected chi connectivity index (χ4v) is 5.55. The molecule has 0 atom stereocenters. The van der Waals surface area contributed by atoms with Crippen LogP contribution in [0.1, 0.15) is 64.2 Å². The van der Waals surface area contributed by atoms with Crippen molar-refractivity contribution in [1.29, 1.82) is 0 Å². The molecule has 2 heteroatoms.